The van der Waals surface area contributed by atoms with Crippen molar-refractivity contribution < 1.29 is 0 Å². The Hall–Kier alpha value is 0.740. The molecule has 0 radical (unpaired) electrons. The molecule has 0 aliphatic heterocycles. The van der Waals surface area contributed by atoms with Crippen molar-refractivity contribution in [1.82, 2.24) is 0 Å². The Labute approximate surface area is 90.4 Å². The number of hydrogen-bond donors (Lipinski definition) is 0. The van der Waals surface area contributed by atoms with Gasteiger partial charge in [0.25, 0.3) is 0 Å². The Kier molecular flexibility index (Phi) is 8.54. The molecule has 0 fully saturated rings. The Balaban J connectivity index is 3.61. The monoisotopic (exact) mass is 184 g/mol. The van der Waals surface area contributed by atoms with E-state index in [0.29, 0.717) is 5.41 Å². The van der Waals surface area contributed by atoms with Gasteiger partial charge in [0.1, 0.15) is 0 Å². The van der Waals surface area contributed by atoms with Gasteiger partial charge in [-0.05, 0) is 0 Å². The summed E-state index contributed by atoms with van der Waals surface area (Å²) in [5.41, 5.74) is 0.456. The van der Waals surface area contributed by atoms with Gasteiger partial charge >= 0.3 is 90.2 Å². The summed E-state index contributed by atoms with van der Waals surface area (Å²) in [5.74, 6) is 1.18. The summed E-state index contributed by atoms with van der Waals surface area (Å²) in [7, 11) is 3.60. The molecule has 0 saturated heterocycles. The Bertz CT molecular complexity index is 199. The van der Waals surface area contributed by atoms with E-state index in [1.165, 1.54) is 12.2 Å². The van der Waals surface area contributed by atoms with Crippen LogP contribution in [0.15, 0.2) is 0 Å². The van der Waals surface area contributed by atoms with Gasteiger partial charge in [-0.25, -0.2) is 0 Å². The van der Waals surface area contributed by atoms with Crippen LogP contribution in [0, 0.1) is 5.41 Å². The van der Waals surface area contributed by atoms with Crippen LogP contribution in [0.4, 0.5) is 0 Å². The second kappa shape index (κ2) is 8.08. The van der Waals surface area contributed by atoms with Gasteiger partial charge in [-0.2, -0.15) is 0 Å². The third-order valence-corrected chi connectivity index (χ3v) is 3.26. The van der Waals surface area contributed by atoms with Crippen molar-refractivity contribution >= 4 is 51.8 Å². The first-order valence-electron chi connectivity index (χ1n) is 4.68. The quantitative estimate of drug-likeness (QED) is 0.525. The standard InChI is InChI=1S/C6H14B6S/c1-4-6(2,3)5-13-12-11-10-9-8-7/h7H,4-5H2,1-3H3. The maximum absolute atomic E-state index is 3.60. The van der Waals surface area contributed by atoms with Gasteiger partial charge in [0, 0.05) is 0 Å². The van der Waals surface area contributed by atoms with Gasteiger partial charge < -0.3 is 0 Å². The molecule has 0 atom stereocenters. The summed E-state index contributed by atoms with van der Waals surface area (Å²) in [5, 5.41) is 0. The van der Waals surface area contributed by atoms with Crippen molar-refractivity contribution in [3.63, 3.8) is 0 Å². The van der Waals surface area contributed by atoms with Crippen LogP contribution < -0.4 is 0 Å². The first-order chi connectivity index (χ1) is 6.12. The molecule has 0 aromatic carbocycles. The van der Waals surface area contributed by atoms with Gasteiger partial charge in [0.2, 0.25) is 0 Å². The van der Waals surface area contributed by atoms with E-state index in [-0.39, 0.29) is 0 Å². The van der Waals surface area contributed by atoms with Crippen LogP contribution in [0.25, 0.3) is 0 Å². The second-order valence-corrected chi connectivity index (χ2v) is 4.67. The van der Waals surface area contributed by atoms with Gasteiger partial charge in [-0.1, -0.05) is 0 Å². The van der Waals surface area contributed by atoms with Gasteiger partial charge in [-0.3, -0.25) is 0 Å². The van der Waals surface area contributed by atoms with E-state index in [1.54, 1.807) is 6.69 Å². The molecule has 7 heteroatoms. The molecular formula is C6H14B6S. The molecule has 0 saturated carbocycles. The van der Waals surface area contributed by atoms with Crippen LogP contribution in [0.5, 0.6) is 0 Å². The molecule has 0 heterocycles. The van der Waals surface area contributed by atoms with E-state index in [9.17, 15) is 0 Å². The van der Waals surface area contributed by atoms with Crippen molar-refractivity contribution in [3.8, 4) is 0 Å². The zero-order valence-corrected chi connectivity index (χ0v) is 9.73. The Morgan fingerprint density at radius 1 is 1.23 bits per heavy atom. The average Bonchev–Trinajstić information content (AvgIpc) is 2.11. The van der Waals surface area contributed by atoms with Crippen LogP contribution in [0.2, 0.25) is 0 Å². The molecule has 0 aliphatic rings. The first kappa shape index (κ1) is 13.7. The molecule has 0 aliphatic carbocycles. The topological polar surface area (TPSA) is 0 Å². The minimum absolute atomic E-state index is 0.456. The van der Waals surface area contributed by atoms with Crippen molar-refractivity contribution in [2.24, 2.45) is 5.41 Å². The molecule has 13 heavy (non-hydrogen) atoms. The molecule has 0 spiro atoms. The fourth-order valence-corrected chi connectivity index (χ4v) is 1.57. The van der Waals surface area contributed by atoms with Crippen molar-refractivity contribution in [2.75, 3.05) is 5.75 Å². The van der Waals surface area contributed by atoms with E-state index >= 15 is 0 Å². The van der Waals surface area contributed by atoms with Crippen LogP contribution in [0.3, 0.4) is 0 Å². The van der Waals surface area contributed by atoms with E-state index in [1.807, 2.05) is 25.0 Å². The molecule has 0 aromatic rings. The van der Waals surface area contributed by atoms with E-state index < -0.39 is 0 Å². The summed E-state index contributed by atoms with van der Waals surface area (Å²) >= 11 is 1.87. The number of rotatable bonds is 6. The fourth-order valence-electron chi connectivity index (χ4n) is 0.619. The van der Waals surface area contributed by atoms with Crippen LogP contribution in [-0.4, -0.2) is 46.0 Å². The fraction of sp³-hybridized carbons (Fsp3) is 1.00. The molecule has 0 bridgehead atoms. The van der Waals surface area contributed by atoms with Crippen LogP contribution >= 0.6 is 11.6 Å². The molecule has 0 amide bonds. The third kappa shape index (κ3) is 9.05. The molecule has 62 valence electrons. The zero-order chi connectivity index (χ0) is 10.2. The summed E-state index contributed by atoms with van der Waals surface area (Å²) in [4.78, 5) is 0. The maximum atomic E-state index is 3.60. The van der Waals surface area contributed by atoms with E-state index in [4.69, 9.17) is 0 Å². The SMILES string of the molecule is B=BB=BB=BSCC(C)(C)CC. The Morgan fingerprint density at radius 2 is 1.92 bits per heavy atom. The molecule has 0 unspecified atom stereocenters. The summed E-state index contributed by atoms with van der Waals surface area (Å²) < 4.78 is 0. The summed E-state index contributed by atoms with van der Waals surface area (Å²) in [6.45, 7) is 14.6. The van der Waals surface area contributed by atoms with Crippen molar-refractivity contribution in [3.05, 3.63) is 0 Å². The third-order valence-electron chi connectivity index (χ3n) is 1.96. The normalized spacial score (nSPS) is 10.0. The van der Waals surface area contributed by atoms with Gasteiger partial charge in [-0.15, -0.1) is 0 Å². The summed E-state index contributed by atoms with van der Waals surface area (Å²) in [6, 6.07) is 0. The summed E-state index contributed by atoms with van der Waals surface area (Å²) in [6.07, 6.45) is 3.37. The first-order valence-corrected chi connectivity index (χ1v) is 5.73. The zero-order valence-electron chi connectivity index (χ0n) is 8.92. The predicted molar refractivity (Wildman–Crippen MR) is 72.4 cm³/mol. The minimum atomic E-state index is 0.456. The van der Waals surface area contributed by atoms with E-state index in [0.717, 1.165) is 0 Å². The van der Waals surface area contributed by atoms with Crippen molar-refractivity contribution in [1.29, 1.82) is 0 Å². The molecule has 0 nitrogen and oxygen atoms in total. The molecule has 0 N–H and O–H groups in total. The van der Waals surface area contributed by atoms with E-state index in [2.05, 4.69) is 40.9 Å². The number of hydrogen-bond acceptors (Lipinski definition) is 1. The predicted octanol–water partition coefficient (Wildman–Crippen LogP) is 0.0676. The van der Waals surface area contributed by atoms with Gasteiger partial charge in [0.05, 0.1) is 0 Å². The average molecular weight is 183 g/mol. The van der Waals surface area contributed by atoms with Gasteiger partial charge in [0.15, 0.2) is 0 Å². The van der Waals surface area contributed by atoms with Crippen LogP contribution in [-0.2, 0) is 0 Å². The molecular weight excluding hydrogens is 169 g/mol. The molecule has 0 rings (SSSR count). The Morgan fingerprint density at radius 3 is 2.46 bits per heavy atom. The second-order valence-electron chi connectivity index (χ2n) is 3.78. The van der Waals surface area contributed by atoms with Crippen molar-refractivity contribution in [2.45, 2.75) is 27.2 Å². The molecule has 0 aromatic heterocycles. The van der Waals surface area contributed by atoms with Crippen LogP contribution in [0.1, 0.15) is 27.2 Å².